The van der Waals surface area contributed by atoms with E-state index in [-0.39, 0.29) is 27.8 Å². The molecule has 0 aliphatic heterocycles. The van der Waals surface area contributed by atoms with Crippen LogP contribution < -0.4 is 4.72 Å². The molecule has 18 heteroatoms. The molecule has 2 aromatic carbocycles. The van der Waals surface area contributed by atoms with Crippen molar-refractivity contribution in [3.8, 4) is 16.9 Å². The van der Waals surface area contributed by atoms with Gasteiger partial charge in [-0.2, -0.15) is 18.3 Å². The largest absolute Gasteiger partial charge is 0.569 e. The summed E-state index contributed by atoms with van der Waals surface area (Å²) in [5, 5.41) is 20.1. The number of esters is 1. The molecule has 0 unspecified atom stereocenters. The number of amides is 1. The summed E-state index contributed by atoms with van der Waals surface area (Å²) in [6.07, 6.45) is -6.06. The molecule has 0 saturated heterocycles. The van der Waals surface area contributed by atoms with E-state index in [0.717, 1.165) is 40.4 Å². The number of hydrazine groups is 1. The van der Waals surface area contributed by atoms with E-state index in [2.05, 4.69) is 20.0 Å². The Morgan fingerprint density at radius 3 is 2.32 bits per heavy atom. The highest BCUT2D eigenvalue weighted by Gasteiger charge is 2.35. The lowest BCUT2D eigenvalue weighted by molar-refractivity contribution is -0.718. The molecule has 238 valence electrons. The van der Waals surface area contributed by atoms with Gasteiger partial charge in [-0.1, -0.05) is 29.8 Å². The first-order valence-electron chi connectivity index (χ1n) is 12.8. The topological polar surface area (TPSA) is 167 Å². The van der Waals surface area contributed by atoms with E-state index in [1.165, 1.54) is 12.1 Å². The van der Waals surface area contributed by atoms with Crippen LogP contribution in [0.4, 0.5) is 18.0 Å². The van der Waals surface area contributed by atoms with Crippen molar-refractivity contribution >= 4 is 22.1 Å². The first-order chi connectivity index (χ1) is 20.6. The molecular weight excluding hydrogens is 613 g/mol. The van der Waals surface area contributed by atoms with Crippen molar-refractivity contribution < 1.29 is 50.5 Å². The fourth-order valence-corrected chi connectivity index (χ4v) is 4.50. The van der Waals surface area contributed by atoms with Crippen LogP contribution in [0.1, 0.15) is 32.0 Å². The molecule has 0 fully saturated rings. The van der Waals surface area contributed by atoms with Crippen LogP contribution in [0.2, 0.25) is 0 Å². The predicted octanol–water partition coefficient (Wildman–Crippen LogP) is 4.32. The van der Waals surface area contributed by atoms with Crippen molar-refractivity contribution in [2.45, 2.75) is 44.8 Å². The quantitative estimate of drug-likeness (QED) is 0.0750. The smallest absolute Gasteiger partial charge is 0.435 e. The number of ether oxygens (including phenoxy) is 2. The lowest BCUT2D eigenvalue weighted by Gasteiger charge is -2.21. The zero-order valence-electron chi connectivity index (χ0n) is 23.9. The number of halogens is 3. The van der Waals surface area contributed by atoms with E-state index in [1.54, 1.807) is 42.8 Å². The Bertz CT molecular complexity index is 1590. The van der Waals surface area contributed by atoms with Crippen molar-refractivity contribution in [3.05, 3.63) is 71.1 Å². The molecule has 1 N–H and O–H groups in total. The monoisotopic (exact) mass is 642 g/mol. The van der Waals surface area contributed by atoms with Gasteiger partial charge in [-0.05, 0) is 51.1 Å². The minimum atomic E-state index is -4.72. The van der Waals surface area contributed by atoms with Crippen LogP contribution in [0.5, 0.6) is 0 Å². The standard InChI is InChI=1S/C26H29F3N6O8S/c1-17(2)33(35(38)32-43-16-42-19(4)36)13-14-41-25(37)31-44(39,40)22-11-9-21(10-12-22)34-23(15-24(30-34)26(27,28)29)20-7-5-18(3)6-8-20/h5-12,15,17H,13-14,16H2,1-4H3,(H,31,37). The molecule has 3 aromatic rings. The summed E-state index contributed by atoms with van der Waals surface area (Å²) in [4.78, 5) is 27.2. The molecule has 1 aromatic heterocycles. The van der Waals surface area contributed by atoms with Gasteiger partial charge in [-0.3, -0.25) is 4.79 Å². The van der Waals surface area contributed by atoms with Gasteiger partial charge in [-0.15, -0.1) is 5.01 Å². The number of hydrogen-bond acceptors (Lipinski definition) is 10. The molecule has 3 rings (SSSR count). The number of aromatic nitrogens is 2. The Hall–Kier alpha value is -4.87. The SMILES string of the molecule is CC(=O)OCON=[N+]([O-])N(CCOC(=O)NS(=O)(=O)c1ccc(-n2nc(C(F)(F)F)cc2-c2ccc(C)cc2)cc1)C(C)C. The maximum absolute atomic E-state index is 13.5. The van der Waals surface area contributed by atoms with Crippen LogP contribution in [-0.2, 0) is 35.3 Å². The molecule has 0 bridgehead atoms. The van der Waals surface area contributed by atoms with Crippen molar-refractivity contribution in [1.29, 1.82) is 0 Å². The number of alkyl halides is 3. The van der Waals surface area contributed by atoms with Gasteiger partial charge in [0, 0.05) is 12.5 Å². The molecule has 0 spiro atoms. The molecular formula is C26H29F3N6O8S. The van der Waals surface area contributed by atoms with Gasteiger partial charge in [0.2, 0.25) is 5.28 Å². The molecule has 0 saturated carbocycles. The Labute approximate surface area is 250 Å². The molecule has 0 aliphatic carbocycles. The highest BCUT2D eigenvalue weighted by Crippen LogP contribution is 2.33. The van der Waals surface area contributed by atoms with E-state index in [0.29, 0.717) is 5.56 Å². The summed E-state index contributed by atoms with van der Waals surface area (Å²) < 4.78 is 78.0. The third kappa shape index (κ3) is 9.06. The number of nitrogens with zero attached hydrogens (tertiary/aromatic N) is 5. The highest BCUT2D eigenvalue weighted by atomic mass is 32.2. The van der Waals surface area contributed by atoms with Crippen molar-refractivity contribution in [2.24, 2.45) is 5.28 Å². The van der Waals surface area contributed by atoms with Gasteiger partial charge in [0.15, 0.2) is 5.69 Å². The number of carbonyl (C=O) groups excluding carboxylic acids is 2. The van der Waals surface area contributed by atoms with Crippen LogP contribution in [-0.4, -0.2) is 66.2 Å². The fourth-order valence-electron chi connectivity index (χ4n) is 3.61. The summed E-state index contributed by atoms with van der Waals surface area (Å²) >= 11 is 0. The maximum atomic E-state index is 13.5. The molecule has 44 heavy (non-hydrogen) atoms. The van der Waals surface area contributed by atoms with E-state index in [4.69, 9.17) is 4.74 Å². The van der Waals surface area contributed by atoms with E-state index in [9.17, 15) is 36.4 Å². The number of nitrogens with one attached hydrogen (secondary N) is 1. The second kappa shape index (κ2) is 14.1. The second-order valence-corrected chi connectivity index (χ2v) is 11.1. The average molecular weight is 643 g/mol. The van der Waals surface area contributed by atoms with Crippen LogP contribution in [0.3, 0.4) is 0 Å². The fraction of sp³-hybridized carbons (Fsp3) is 0.346. The summed E-state index contributed by atoms with van der Waals surface area (Å²) in [5.41, 5.74) is 0.494. The zero-order valence-corrected chi connectivity index (χ0v) is 24.8. The van der Waals surface area contributed by atoms with E-state index in [1.807, 2.05) is 6.92 Å². The molecule has 0 radical (unpaired) electrons. The normalized spacial score (nSPS) is 12.1. The zero-order chi connectivity index (χ0) is 32.7. The summed E-state index contributed by atoms with van der Waals surface area (Å²) in [6, 6.07) is 11.8. The molecule has 14 nitrogen and oxygen atoms in total. The Morgan fingerprint density at radius 2 is 1.75 bits per heavy atom. The minimum absolute atomic E-state index is 0.0508. The Morgan fingerprint density at radius 1 is 1.11 bits per heavy atom. The van der Waals surface area contributed by atoms with Crippen LogP contribution in [0.25, 0.3) is 16.9 Å². The summed E-state index contributed by atoms with van der Waals surface area (Å²) in [7, 11) is -4.45. The molecule has 1 amide bonds. The van der Waals surface area contributed by atoms with Crippen LogP contribution >= 0.6 is 0 Å². The summed E-state index contributed by atoms with van der Waals surface area (Å²) in [5.74, 6) is -0.645. The number of aryl methyl sites for hydroxylation is 1. The Kier molecular flexibility index (Phi) is 10.8. The van der Waals surface area contributed by atoms with Crippen molar-refractivity contribution in [3.63, 3.8) is 0 Å². The number of sulfonamides is 1. The van der Waals surface area contributed by atoms with Crippen LogP contribution in [0.15, 0.2) is 64.8 Å². The molecule has 1 heterocycles. The average Bonchev–Trinajstić information content (AvgIpc) is 3.40. The van der Waals surface area contributed by atoms with Crippen molar-refractivity contribution in [1.82, 2.24) is 19.5 Å². The lowest BCUT2D eigenvalue weighted by atomic mass is 10.1. The number of carbonyl (C=O) groups is 2. The van der Waals surface area contributed by atoms with Gasteiger partial charge in [0.1, 0.15) is 13.2 Å². The van der Waals surface area contributed by atoms with Crippen molar-refractivity contribution in [2.75, 3.05) is 19.9 Å². The van der Waals surface area contributed by atoms with Gasteiger partial charge < -0.3 is 19.5 Å². The third-order valence-electron chi connectivity index (χ3n) is 5.77. The molecule has 0 aliphatic rings. The summed E-state index contributed by atoms with van der Waals surface area (Å²) in [6.45, 7) is 4.97. The third-order valence-corrected chi connectivity index (χ3v) is 7.10. The predicted molar refractivity (Wildman–Crippen MR) is 146 cm³/mol. The Balaban J connectivity index is 1.68. The second-order valence-electron chi connectivity index (χ2n) is 9.40. The maximum Gasteiger partial charge on any atom is 0.435 e. The van der Waals surface area contributed by atoms with E-state index >= 15 is 0 Å². The van der Waals surface area contributed by atoms with Gasteiger partial charge >= 0.3 is 18.2 Å². The first-order valence-corrected chi connectivity index (χ1v) is 14.3. The minimum Gasteiger partial charge on any atom is -0.569 e. The van der Waals surface area contributed by atoms with Gasteiger partial charge in [0.05, 0.1) is 27.3 Å². The number of rotatable bonds is 12. The van der Waals surface area contributed by atoms with E-state index < -0.39 is 53.4 Å². The van der Waals surface area contributed by atoms with Crippen LogP contribution in [0, 0.1) is 12.1 Å². The number of benzene rings is 2. The highest BCUT2D eigenvalue weighted by molar-refractivity contribution is 7.90. The number of hydrogen-bond donors (Lipinski definition) is 1. The first kappa shape index (κ1) is 33.6. The van der Waals surface area contributed by atoms with Gasteiger partial charge in [-0.25, -0.2) is 22.6 Å². The lowest BCUT2D eigenvalue weighted by Crippen LogP contribution is -2.40. The molecule has 0 atom stereocenters. The van der Waals surface area contributed by atoms with Gasteiger partial charge in [0.25, 0.3) is 16.8 Å².